The van der Waals surface area contributed by atoms with E-state index < -0.39 is 0 Å². The second-order valence-corrected chi connectivity index (χ2v) is 4.44. The van der Waals surface area contributed by atoms with Crippen molar-refractivity contribution < 1.29 is 9.72 Å². The number of anilines is 1. The molecule has 18 heavy (non-hydrogen) atoms. The summed E-state index contributed by atoms with van der Waals surface area (Å²) in [7, 11) is 0. The molecular weight excluding hydrogens is 234 g/mol. The Balaban J connectivity index is 2.04. The van der Waals surface area contributed by atoms with Crippen molar-refractivity contribution in [3.05, 3.63) is 33.9 Å². The summed E-state index contributed by atoms with van der Waals surface area (Å²) >= 11 is 0. The fraction of sp³-hybridized carbons (Fsp3) is 0.417. The average Bonchev–Trinajstić information content (AvgIpc) is 2.32. The fourth-order valence-electron chi connectivity index (χ4n) is 2.04. The molecule has 1 heterocycles. The Morgan fingerprint density at radius 1 is 1.50 bits per heavy atom. The number of nitrogens with one attached hydrogen (secondary N) is 2. The summed E-state index contributed by atoms with van der Waals surface area (Å²) in [5, 5.41) is 16.8. The van der Waals surface area contributed by atoms with Gasteiger partial charge in [-0.25, -0.2) is 0 Å². The van der Waals surface area contributed by atoms with Gasteiger partial charge in [-0.15, -0.1) is 0 Å². The van der Waals surface area contributed by atoms with Crippen LogP contribution < -0.4 is 10.6 Å². The van der Waals surface area contributed by atoms with Crippen LogP contribution in [0.25, 0.3) is 0 Å². The molecule has 0 spiro atoms. The average molecular weight is 249 g/mol. The Morgan fingerprint density at radius 2 is 2.28 bits per heavy atom. The lowest BCUT2D eigenvalue weighted by Gasteiger charge is -2.24. The SMILES string of the molecule is Cc1cc(NC2CCC(=O)NC2)ccc1[N+](=O)[O-]. The second-order valence-electron chi connectivity index (χ2n) is 4.44. The van der Waals surface area contributed by atoms with Gasteiger partial charge in [0.15, 0.2) is 0 Å². The molecule has 1 atom stereocenters. The van der Waals surface area contributed by atoms with Crippen molar-refractivity contribution in [1.29, 1.82) is 0 Å². The second kappa shape index (κ2) is 5.03. The number of hydrogen-bond donors (Lipinski definition) is 2. The van der Waals surface area contributed by atoms with Crippen molar-refractivity contribution in [1.82, 2.24) is 5.32 Å². The first kappa shape index (κ1) is 12.3. The third-order valence-electron chi connectivity index (χ3n) is 3.03. The predicted octanol–water partition coefficient (Wildman–Crippen LogP) is 1.59. The summed E-state index contributed by atoms with van der Waals surface area (Å²) in [6.07, 6.45) is 1.30. The van der Waals surface area contributed by atoms with Crippen molar-refractivity contribution in [2.24, 2.45) is 0 Å². The van der Waals surface area contributed by atoms with E-state index in [9.17, 15) is 14.9 Å². The van der Waals surface area contributed by atoms with E-state index in [1.807, 2.05) is 0 Å². The zero-order chi connectivity index (χ0) is 13.1. The fourth-order valence-corrected chi connectivity index (χ4v) is 2.04. The van der Waals surface area contributed by atoms with Gasteiger partial charge in [-0.1, -0.05) is 0 Å². The third kappa shape index (κ3) is 2.77. The van der Waals surface area contributed by atoms with Gasteiger partial charge in [-0.3, -0.25) is 14.9 Å². The number of aryl methyl sites for hydroxylation is 1. The molecule has 0 bridgehead atoms. The number of carbonyl (C=O) groups is 1. The third-order valence-corrected chi connectivity index (χ3v) is 3.03. The lowest BCUT2D eigenvalue weighted by Crippen LogP contribution is -2.41. The van der Waals surface area contributed by atoms with Crippen LogP contribution in [0.4, 0.5) is 11.4 Å². The minimum Gasteiger partial charge on any atom is -0.381 e. The van der Waals surface area contributed by atoms with Gasteiger partial charge in [-0.05, 0) is 25.5 Å². The number of benzene rings is 1. The Hall–Kier alpha value is -2.11. The summed E-state index contributed by atoms with van der Waals surface area (Å²) in [6.45, 7) is 2.31. The first-order valence-electron chi connectivity index (χ1n) is 5.84. The molecule has 6 heteroatoms. The van der Waals surface area contributed by atoms with E-state index >= 15 is 0 Å². The van der Waals surface area contributed by atoms with Crippen LogP contribution in [-0.2, 0) is 4.79 Å². The molecule has 1 aliphatic heterocycles. The van der Waals surface area contributed by atoms with Crippen molar-refractivity contribution in [3.8, 4) is 0 Å². The molecule has 2 rings (SSSR count). The number of hydrogen-bond acceptors (Lipinski definition) is 4. The van der Waals surface area contributed by atoms with Gasteiger partial charge in [0.2, 0.25) is 5.91 Å². The predicted molar refractivity (Wildman–Crippen MR) is 67.5 cm³/mol. The van der Waals surface area contributed by atoms with Crippen LogP contribution in [0.2, 0.25) is 0 Å². The Morgan fingerprint density at radius 3 is 2.83 bits per heavy atom. The van der Waals surface area contributed by atoms with E-state index in [4.69, 9.17) is 0 Å². The standard InChI is InChI=1S/C12H15N3O3/c1-8-6-9(2-4-11(8)15(17)18)14-10-3-5-12(16)13-7-10/h2,4,6,10,14H,3,5,7H2,1H3,(H,13,16). The highest BCUT2D eigenvalue weighted by Crippen LogP contribution is 2.22. The van der Waals surface area contributed by atoms with Crippen LogP contribution in [0.3, 0.4) is 0 Å². The molecule has 0 saturated carbocycles. The maximum absolute atomic E-state index is 11.0. The van der Waals surface area contributed by atoms with Crippen LogP contribution in [0, 0.1) is 17.0 Å². The van der Waals surface area contributed by atoms with Crippen molar-refractivity contribution >= 4 is 17.3 Å². The van der Waals surface area contributed by atoms with Gasteiger partial charge in [0.25, 0.3) is 5.69 Å². The van der Waals surface area contributed by atoms with Crippen molar-refractivity contribution in [2.45, 2.75) is 25.8 Å². The molecule has 1 unspecified atom stereocenters. The number of amides is 1. The summed E-state index contributed by atoms with van der Waals surface area (Å²) < 4.78 is 0. The van der Waals surface area contributed by atoms with Gasteiger partial charge in [0.1, 0.15) is 0 Å². The minimum atomic E-state index is -0.389. The number of nitro groups is 1. The zero-order valence-corrected chi connectivity index (χ0v) is 10.1. The lowest BCUT2D eigenvalue weighted by molar-refractivity contribution is -0.385. The molecule has 6 nitrogen and oxygen atoms in total. The molecule has 1 amide bonds. The number of carbonyl (C=O) groups excluding carboxylic acids is 1. The first-order valence-corrected chi connectivity index (χ1v) is 5.84. The first-order chi connectivity index (χ1) is 8.56. The van der Waals surface area contributed by atoms with Gasteiger partial charge in [0.05, 0.1) is 4.92 Å². The molecule has 1 aromatic rings. The largest absolute Gasteiger partial charge is 0.381 e. The monoisotopic (exact) mass is 249 g/mol. The van der Waals surface area contributed by atoms with Gasteiger partial charge in [-0.2, -0.15) is 0 Å². The highest BCUT2D eigenvalue weighted by molar-refractivity contribution is 5.77. The topological polar surface area (TPSA) is 84.3 Å². The summed E-state index contributed by atoms with van der Waals surface area (Å²) in [5.74, 6) is 0.0768. The van der Waals surface area contributed by atoms with Crippen LogP contribution in [0.1, 0.15) is 18.4 Å². The zero-order valence-electron chi connectivity index (χ0n) is 10.1. The summed E-state index contributed by atoms with van der Waals surface area (Å²) in [6, 6.07) is 5.14. The quantitative estimate of drug-likeness (QED) is 0.629. The normalized spacial score (nSPS) is 19.2. The molecule has 96 valence electrons. The number of nitro benzene ring substituents is 1. The highest BCUT2D eigenvalue weighted by atomic mass is 16.6. The van der Waals surface area contributed by atoms with Crippen LogP contribution >= 0.6 is 0 Å². The minimum absolute atomic E-state index is 0.0768. The number of piperidine rings is 1. The summed E-state index contributed by atoms with van der Waals surface area (Å²) in [5.41, 5.74) is 1.60. The van der Waals surface area contributed by atoms with Crippen molar-refractivity contribution in [2.75, 3.05) is 11.9 Å². The maximum atomic E-state index is 11.0. The number of rotatable bonds is 3. The van der Waals surface area contributed by atoms with Crippen LogP contribution in [-0.4, -0.2) is 23.4 Å². The van der Waals surface area contributed by atoms with E-state index in [-0.39, 0.29) is 22.6 Å². The molecule has 1 aromatic carbocycles. The van der Waals surface area contributed by atoms with E-state index in [1.165, 1.54) is 6.07 Å². The van der Waals surface area contributed by atoms with E-state index in [0.29, 0.717) is 18.5 Å². The van der Waals surface area contributed by atoms with Crippen molar-refractivity contribution in [3.63, 3.8) is 0 Å². The molecule has 1 fully saturated rings. The lowest BCUT2D eigenvalue weighted by atomic mass is 10.1. The summed E-state index contributed by atoms with van der Waals surface area (Å²) in [4.78, 5) is 21.3. The van der Waals surface area contributed by atoms with E-state index in [2.05, 4.69) is 10.6 Å². The maximum Gasteiger partial charge on any atom is 0.272 e. The molecule has 0 aliphatic carbocycles. The molecule has 2 N–H and O–H groups in total. The Labute approximate surface area is 105 Å². The molecular formula is C12H15N3O3. The molecule has 1 saturated heterocycles. The Bertz CT molecular complexity index is 477. The van der Waals surface area contributed by atoms with Gasteiger partial charge < -0.3 is 10.6 Å². The smallest absolute Gasteiger partial charge is 0.272 e. The van der Waals surface area contributed by atoms with E-state index in [0.717, 1.165) is 12.1 Å². The van der Waals surface area contributed by atoms with Gasteiger partial charge in [0, 0.05) is 36.3 Å². The van der Waals surface area contributed by atoms with E-state index in [1.54, 1.807) is 19.1 Å². The number of nitrogens with zero attached hydrogens (tertiary/aromatic N) is 1. The highest BCUT2D eigenvalue weighted by Gasteiger charge is 2.18. The van der Waals surface area contributed by atoms with Crippen LogP contribution in [0.5, 0.6) is 0 Å². The Kier molecular flexibility index (Phi) is 3.45. The molecule has 0 radical (unpaired) electrons. The van der Waals surface area contributed by atoms with Crippen LogP contribution in [0.15, 0.2) is 18.2 Å². The van der Waals surface area contributed by atoms with Gasteiger partial charge >= 0.3 is 0 Å². The molecule has 1 aliphatic rings. The molecule has 0 aromatic heterocycles.